The van der Waals surface area contributed by atoms with E-state index in [4.69, 9.17) is 0 Å². The number of hydrogen-bond acceptors (Lipinski definition) is 3. The summed E-state index contributed by atoms with van der Waals surface area (Å²) in [5, 5.41) is 0. The van der Waals surface area contributed by atoms with Crippen LogP contribution < -0.4 is 0 Å². The molecule has 2 aromatic rings. The third-order valence-electron chi connectivity index (χ3n) is 5.43. The molecule has 3 nitrogen and oxygen atoms in total. The number of hydrogen-bond donors (Lipinski definition) is 0. The monoisotopic (exact) mass is 341 g/mol. The smallest absolute Gasteiger partial charge is 0.150 e. The summed E-state index contributed by atoms with van der Waals surface area (Å²) in [5.74, 6) is 2.16. The zero-order valence-corrected chi connectivity index (χ0v) is 14.5. The van der Waals surface area contributed by atoms with Gasteiger partial charge in [0, 0.05) is 25.6 Å². The zero-order chi connectivity index (χ0) is 16.6. The summed E-state index contributed by atoms with van der Waals surface area (Å²) in [6.45, 7) is 3.08. The summed E-state index contributed by atoms with van der Waals surface area (Å²) in [6.07, 6.45) is 0. The standard InChI is InChI=1S/C20H23NO2S/c22-24(23)14-19(15-24)18-11-21(12-18)13-20(16-7-3-1-4-8-16)17-9-5-2-6-10-17/h1-10,18-20H,11-15H2. The Morgan fingerprint density at radius 3 is 1.79 bits per heavy atom. The highest BCUT2D eigenvalue weighted by Crippen LogP contribution is 2.35. The molecule has 2 saturated heterocycles. The molecule has 0 radical (unpaired) electrons. The summed E-state index contributed by atoms with van der Waals surface area (Å²) in [6, 6.07) is 21.3. The summed E-state index contributed by atoms with van der Waals surface area (Å²) in [4.78, 5) is 2.47. The number of sulfone groups is 1. The van der Waals surface area contributed by atoms with Gasteiger partial charge in [0.05, 0.1) is 11.5 Å². The van der Waals surface area contributed by atoms with Crippen molar-refractivity contribution in [1.29, 1.82) is 0 Å². The molecular weight excluding hydrogens is 318 g/mol. The predicted molar refractivity (Wildman–Crippen MR) is 96.8 cm³/mol. The summed E-state index contributed by atoms with van der Waals surface area (Å²) >= 11 is 0. The molecule has 4 rings (SSSR count). The van der Waals surface area contributed by atoms with Crippen LogP contribution in [0.2, 0.25) is 0 Å². The maximum Gasteiger partial charge on any atom is 0.150 e. The van der Waals surface area contributed by atoms with Crippen LogP contribution in [0.15, 0.2) is 60.7 Å². The third-order valence-corrected chi connectivity index (χ3v) is 7.30. The number of benzene rings is 2. The molecule has 126 valence electrons. The average molecular weight is 341 g/mol. The van der Waals surface area contributed by atoms with Gasteiger partial charge >= 0.3 is 0 Å². The van der Waals surface area contributed by atoms with Gasteiger partial charge in [-0.1, -0.05) is 60.7 Å². The van der Waals surface area contributed by atoms with Crippen molar-refractivity contribution in [1.82, 2.24) is 4.90 Å². The first-order valence-corrected chi connectivity index (χ1v) is 10.5. The Hall–Kier alpha value is -1.65. The maximum atomic E-state index is 11.4. The second-order valence-corrected chi connectivity index (χ2v) is 9.34. The predicted octanol–water partition coefficient (Wildman–Crippen LogP) is 2.79. The van der Waals surface area contributed by atoms with Crippen LogP contribution in [0.3, 0.4) is 0 Å². The summed E-state index contributed by atoms with van der Waals surface area (Å²) in [7, 11) is -2.70. The van der Waals surface area contributed by atoms with Gasteiger partial charge < -0.3 is 4.90 Å². The molecule has 2 aliphatic rings. The van der Waals surface area contributed by atoms with Crippen molar-refractivity contribution in [3.05, 3.63) is 71.8 Å². The van der Waals surface area contributed by atoms with E-state index >= 15 is 0 Å². The molecule has 2 fully saturated rings. The van der Waals surface area contributed by atoms with Crippen molar-refractivity contribution in [3.8, 4) is 0 Å². The van der Waals surface area contributed by atoms with Crippen LogP contribution in [0, 0.1) is 11.8 Å². The van der Waals surface area contributed by atoms with Gasteiger partial charge in [-0.2, -0.15) is 0 Å². The molecule has 0 unspecified atom stereocenters. The van der Waals surface area contributed by atoms with Gasteiger partial charge in [-0.05, 0) is 23.0 Å². The Morgan fingerprint density at radius 2 is 1.33 bits per heavy atom. The van der Waals surface area contributed by atoms with Crippen molar-refractivity contribution >= 4 is 9.84 Å². The number of rotatable bonds is 5. The van der Waals surface area contributed by atoms with Crippen LogP contribution in [0.5, 0.6) is 0 Å². The summed E-state index contributed by atoms with van der Waals surface area (Å²) < 4.78 is 22.7. The zero-order valence-electron chi connectivity index (χ0n) is 13.7. The quantitative estimate of drug-likeness (QED) is 0.839. The van der Waals surface area contributed by atoms with Crippen molar-refractivity contribution in [3.63, 3.8) is 0 Å². The Morgan fingerprint density at radius 1 is 0.833 bits per heavy atom. The van der Waals surface area contributed by atoms with E-state index in [1.54, 1.807) is 0 Å². The second-order valence-electron chi connectivity index (χ2n) is 7.19. The van der Waals surface area contributed by atoms with Gasteiger partial charge in [0.15, 0.2) is 9.84 Å². The molecule has 24 heavy (non-hydrogen) atoms. The molecule has 0 N–H and O–H groups in total. The molecule has 0 bridgehead atoms. The van der Waals surface area contributed by atoms with Crippen LogP contribution in [-0.2, 0) is 9.84 Å². The van der Waals surface area contributed by atoms with Gasteiger partial charge in [0.2, 0.25) is 0 Å². The molecular formula is C20H23NO2S. The normalized spacial score (nSPS) is 21.4. The molecule has 0 amide bonds. The topological polar surface area (TPSA) is 37.4 Å². The average Bonchev–Trinajstić information content (AvgIpc) is 2.53. The molecule has 0 aliphatic carbocycles. The van der Waals surface area contributed by atoms with Crippen molar-refractivity contribution in [2.24, 2.45) is 11.8 Å². The lowest BCUT2D eigenvalue weighted by Gasteiger charge is -2.47. The SMILES string of the molecule is O=S1(=O)CC(C2CN(CC(c3ccccc3)c3ccccc3)C2)C1. The molecule has 0 atom stereocenters. The summed E-state index contributed by atoms with van der Waals surface area (Å²) in [5.41, 5.74) is 2.69. The molecule has 2 heterocycles. The van der Waals surface area contributed by atoms with E-state index in [-0.39, 0.29) is 0 Å². The minimum atomic E-state index is -2.70. The lowest BCUT2D eigenvalue weighted by molar-refractivity contribution is 0.0633. The van der Waals surface area contributed by atoms with Crippen molar-refractivity contribution in [2.75, 3.05) is 31.1 Å². The third kappa shape index (κ3) is 3.26. The van der Waals surface area contributed by atoms with E-state index < -0.39 is 9.84 Å². The van der Waals surface area contributed by atoms with Gasteiger partial charge in [-0.3, -0.25) is 0 Å². The largest absolute Gasteiger partial charge is 0.302 e. The van der Waals surface area contributed by atoms with E-state index in [0.717, 1.165) is 19.6 Å². The van der Waals surface area contributed by atoms with Crippen LogP contribution in [0.1, 0.15) is 17.0 Å². The first kappa shape index (κ1) is 15.9. The molecule has 2 aromatic carbocycles. The lowest BCUT2D eigenvalue weighted by Crippen LogP contribution is -2.56. The number of likely N-dealkylation sites (tertiary alicyclic amines) is 1. The van der Waals surface area contributed by atoms with E-state index in [0.29, 0.717) is 29.3 Å². The fraction of sp³-hybridized carbons (Fsp3) is 0.400. The highest BCUT2D eigenvalue weighted by atomic mass is 32.2. The fourth-order valence-corrected chi connectivity index (χ4v) is 5.72. The minimum Gasteiger partial charge on any atom is -0.302 e. The van der Waals surface area contributed by atoms with Crippen LogP contribution in [-0.4, -0.2) is 44.5 Å². The van der Waals surface area contributed by atoms with Crippen LogP contribution in [0.25, 0.3) is 0 Å². The van der Waals surface area contributed by atoms with Gasteiger partial charge in [-0.25, -0.2) is 8.42 Å². The van der Waals surface area contributed by atoms with Crippen LogP contribution >= 0.6 is 0 Å². The molecule has 0 aromatic heterocycles. The lowest BCUT2D eigenvalue weighted by atomic mass is 9.84. The highest BCUT2D eigenvalue weighted by Gasteiger charge is 2.44. The Kier molecular flexibility index (Phi) is 4.19. The minimum absolute atomic E-state index is 0.374. The first-order valence-electron chi connectivity index (χ1n) is 8.63. The second kappa shape index (κ2) is 6.34. The highest BCUT2D eigenvalue weighted by molar-refractivity contribution is 7.92. The Bertz CT molecular complexity index is 731. The maximum absolute atomic E-state index is 11.4. The van der Waals surface area contributed by atoms with E-state index in [9.17, 15) is 8.42 Å². The molecule has 0 saturated carbocycles. The molecule has 2 aliphatic heterocycles. The van der Waals surface area contributed by atoms with Gasteiger partial charge in [0.1, 0.15) is 0 Å². The number of nitrogens with zero attached hydrogens (tertiary/aromatic N) is 1. The van der Waals surface area contributed by atoms with E-state index in [1.807, 2.05) is 0 Å². The van der Waals surface area contributed by atoms with Gasteiger partial charge in [0.25, 0.3) is 0 Å². The molecule has 4 heteroatoms. The molecule has 0 spiro atoms. The van der Waals surface area contributed by atoms with Crippen LogP contribution in [0.4, 0.5) is 0 Å². The Labute approximate surface area is 144 Å². The Balaban J connectivity index is 1.43. The fourth-order valence-electron chi connectivity index (χ4n) is 3.96. The van der Waals surface area contributed by atoms with E-state index in [1.165, 1.54) is 11.1 Å². The first-order chi connectivity index (χ1) is 11.6. The van der Waals surface area contributed by atoms with Crippen molar-refractivity contribution < 1.29 is 8.42 Å². The van der Waals surface area contributed by atoms with Gasteiger partial charge in [-0.15, -0.1) is 0 Å². The van der Waals surface area contributed by atoms with Crippen molar-refractivity contribution in [2.45, 2.75) is 5.92 Å². The van der Waals surface area contributed by atoms with E-state index in [2.05, 4.69) is 65.6 Å².